The molecule has 0 aromatic rings. The van der Waals surface area contributed by atoms with Gasteiger partial charge in [-0.2, -0.15) is 0 Å². The van der Waals surface area contributed by atoms with E-state index in [0.717, 1.165) is 25.9 Å². The van der Waals surface area contributed by atoms with Crippen LogP contribution in [0.2, 0.25) is 0 Å². The van der Waals surface area contributed by atoms with Gasteiger partial charge < -0.3 is 10.6 Å². The van der Waals surface area contributed by atoms with Gasteiger partial charge in [-0.1, -0.05) is 0 Å². The van der Waals surface area contributed by atoms with E-state index in [1.807, 2.05) is 0 Å². The number of carbonyl (C=O) groups is 1. The molecule has 1 aliphatic heterocycles. The summed E-state index contributed by atoms with van der Waals surface area (Å²) in [5.74, 6) is 0. The molecule has 0 aliphatic carbocycles. The summed E-state index contributed by atoms with van der Waals surface area (Å²) >= 11 is 0. The van der Waals surface area contributed by atoms with Gasteiger partial charge in [-0.05, 0) is 13.0 Å². The fourth-order valence-electron chi connectivity index (χ4n) is 1.02. The van der Waals surface area contributed by atoms with Crippen molar-refractivity contribution in [1.82, 2.24) is 4.90 Å². The molecule has 1 rings (SSSR count). The zero-order chi connectivity index (χ0) is 8.10. The third-order valence-electron chi connectivity index (χ3n) is 1.63. The first-order valence-electron chi connectivity index (χ1n) is 3.86. The SMILES string of the molecule is NCCCN1CCC=NC1=O. The number of urea groups is 1. The van der Waals surface area contributed by atoms with Gasteiger partial charge in [0, 0.05) is 25.7 Å². The molecule has 0 radical (unpaired) electrons. The number of nitrogens with two attached hydrogens (primary N) is 1. The summed E-state index contributed by atoms with van der Waals surface area (Å²) < 4.78 is 0. The Kier molecular flexibility index (Phi) is 3.04. The van der Waals surface area contributed by atoms with Crippen LogP contribution in [0.4, 0.5) is 4.79 Å². The van der Waals surface area contributed by atoms with Crippen LogP contribution >= 0.6 is 0 Å². The van der Waals surface area contributed by atoms with Crippen LogP contribution in [0.1, 0.15) is 12.8 Å². The van der Waals surface area contributed by atoms with Crippen molar-refractivity contribution in [1.29, 1.82) is 0 Å². The first-order chi connectivity index (χ1) is 5.34. The molecule has 0 bridgehead atoms. The Morgan fingerprint density at radius 3 is 3.18 bits per heavy atom. The molecule has 1 heterocycles. The van der Waals surface area contributed by atoms with E-state index in [1.54, 1.807) is 11.1 Å². The van der Waals surface area contributed by atoms with E-state index in [1.165, 1.54) is 0 Å². The molecule has 0 unspecified atom stereocenters. The normalized spacial score (nSPS) is 17.5. The third-order valence-corrected chi connectivity index (χ3v) is 1.63. The van der Waals surface area contributed by atoms with Gasteiger partial charge in [0.05, 0.1) is 0 Å². The van der Waals surface area contributed by atoms with Gasteiger partial charge in [0.25, 0.3) is 0 Å². The Morgan fingerprint density at radius 1 is 1.73 bits per heavy atom. The van der Waals surface area contributed by atoms with Crippen LogP contribution in [0.25, 0.3) is 0 Å². The average Bonchev–Trinajstić information content (AvgIpc) is 2.03. The topological polar surface area (TPSA) is 58.7 Å². The zero-order valence-electron chi connectivity index (χ0n) is 6.49. The first-order valence-corrected chi connectivity index (χ1v) is 3.86. The molecular weight excluding hydrogens is 142 g/mol. The second-order valence-corrected chi connectivity index (χ2v) is 2.51. The van der Waals surface area contributed by atoms with Crippen molar-refractivity contribution >= 4 is 12.2 Å². The lowest BCUT2D eigenvalue weighted by atomic mass is 10.3. The van der Waals surface area contributed by atoms with E-state index in [-0.39, 0.29) is 6.03 Å². The smallest absolute Gasteiger partial charge is 0.330 e. The average molecular weight is 155 g/mol. The van der Waals surface area contributed by atoms with Gasteiger partial charge in [0.2, 0.25) is 0 Å². The van der Waals surface area contributed by atoms with Crippen molar-refractivity contribution in [3.8, 4) is 0 Å². The lowest BCUT2D eigenvalue weighted by Crippen LogP contribution is -2.34. The molecule has 0 saturated carbocycles. The quantitative estimate of drug-likeness (QED) is 0.634. The summed E-state index contributed by atoms with van der Waals surface area (Å²) in [5, 5.41) is 0. The number of rotatable bonds is 3. The van der Waals surface area contributed by atoms with Crippen LogP contribution in [-0.2, 0) is 0 Å². The highest BCUT2D eigenvalue weighted by Gasteiger charge is 2.13. The predicted molar refractivity (Wildman–Crippen MR) is 43.7 cm³/mol. The van der Waals surface area contributed by atoms with Gasteiger partial charge >= 0.3 is 6.03 Å². The monoisotopic (exact) mass is 155 g/mol. The van der Waals surface area contributed by atoms with Crippen LogP contribution in [-0.4, -0.2) is 36.8 Å². The van der Waals surface area contributed by atoms with Crippen molar-refractivity contribution in [3.05, 3.63) is 0 Å². The number of hydrogen-bond donors (Lipinski definition) is 1. The minimum atomic E-state index is -0.121. The molecule has 0 aromatic heterocycles. The Morgan fingerprint density at radius 2 is 2.55 bits per heavy atom. The highest BCUT2D eigenvalue weighted by atomic mass is 16.2. The van der Waals surface area contributed by atoms with Gasteiger partial charge in [0.15, 0.2) is 0 Å². The van der Waals surface area contributed by atoms with Gasteiger partial charge in [-0.3, -0.25) is 0 Å². The molecule has 1 aliphatic rings. The van der Waals surface area contributed by atoms with Crippen LogP contribution in [0.3, 0.4) is 0 Å². The fraction of sp³-hybridized carbons (Fsp3) is 0.714. The Balaban J connectivity index is 2.33. The zero-order valence-corrected chi connectivity index (χ0v) is 6.49. The lowest BCUT2D eigenvalue weighted by molar-refractivity contribution is 0.207. The number of hydrogen-bond acceptors (Lipinski definition) is 2. The van der Waals surface area contributed by atoms with Gasteiger partial charge in [-0.25, -0.2) is 9.79 Å². The van der Waals surface area contributed by atoms with E-state index in [4.69, 9.17) is 5.73 Å². The first kappa shape index (κ1) is 8.20. The number of aliphatic imine (C=N–C) groups is 1. The standard InChI is InChI=1S/C7H13N3O/c8-3-1-5-10-6-2-4-9-7(10)11/h4H,1-3,5-6,8H2. The molecule has 4 heteroatoms. The molecule has 11 heavy (non-hydrogen) atoms. The summed E-state index contributed by atoms with van der Waals surface area (Å²) in [6.07, 6.45) is 3.40. The Bertz CT molecular complexity index is 167. The summed E-state index contributed by atoms with van der Waals surface area (Å²) in [7, 11) is 0. The molecule has 0 spiro atoms. The molecule has 0 fully saturated rings. The van der Waals surface area contributed by atoms with Crippen LogP contribution in [0.15, 0.2) is 4.99 Å². The van der Waals surface area contributed by atoms with E-state index in [9.17, 15) is 4.79 Å². The highest BCUT2D eigenvalue weighted by Crippen LogP contribution is 2.01. The van der Waals surface area contributed by atoms with Crippen LogP contribution in [0, 0.1) is 0 Å². The minimum absolute atomic E-state index is 0.121. The van der Waals surface area contributed by atoms with E-state index < -0.39 is 0 Å². The molecule has 0 saturated heterocycles. The van der Waals surface area contributed by atoms with E-state index >= 15 is 0 Å². The number of amides is 2. The van der Waals surface area contributed by atoms with E-state index in [0.29, 0.717) is 6.54 Å². The van der Waals surface area contributed by atoms with E-state index in [2.05, 4.69) is 4.99 Å². The van der Waals surface area contributed by atoms with Crippen molar-refractivity contribution in [2.45, 2.75) is 12.8 Å². The Hall–Kier alpha value is -0.900. The number of carbonyl (C=O) groups excluding carboxylic acids is 1. The molecule has 0 aromatic carbocycles. The van der Waals surface area contributed by atoms with Crippen LogP contribution < -0.4 is 5.73 Å². The molecule has 62 valence electrons. The second kappa shape index (κ2) is 4.08. The van der Waals surface area contributed by atoms with Gasteiger partial charge in [0.1, 0.15) is 0 Å². The third kappa shape index (κ3) is 2.31. The fourth-order valence-corrected chi connectivity index (χ4v) is 1.02. The van der Waals surface area contributed by atoms with Crippen LogP contribution in [0.5, 0.6) is 0 Å². The maximum Gasteiger partial charge on any atom is 0.343 e. The molecule has 0 atom stereocenters. The van der Waals surface area contributed by atoms with Crippen molar-refractivity contribution in [2.24, 2.45) is 10.7 Å². The highest BCUT2D eigenvalue weighted by molar-refractivity contribution is 5.85. The summed E-state index contributed by atoms with van der Waals surface area (Å²) in [4.78, 5) is 16.4. The predicted octanol–water partition coefficient (Wildman–Crippen LogP) is 0.232. The minimum Gasteiger partial charge on any atom is -0.330 e. The summed E-state index contributed by atoms with van der Waals surface area (Å²) in [5.41, 5.74) is 5.31. The molecular formula is C7H13N3O. The Labute approximate surface area is 66.1 Å². The van der Waals surface area contributed by atoms with Crippen molar-refractivity contribution < 1.29 is 4.79 Å². The lowest BCUT2D eigenvalue weighted by Gasteiger charge is -2.21. The molecule has 2 amide bonds. The molecule has 2 N–H and O–H groups in total. The van der Waals surface area contributed by atoms with Crippen molar-refractivity contribution in [2.75, 3.05) is 19.6 Å². The summed E-state index contributed by atoms with van der Waals surface area (Å²) in [6.45, 7) is 2.17. The summed E-state index contributed by atoms with van der Waals surface area (Å²) in [6, 6.07) is -0.121. The number of nitrogens with zero attached hydrogens (tertiary/aromatic N) is 2. The van der Waals surface area contributed by atoms with Crippen molar-refractivity contribution in [3.63, 3.8) is 0 Å². The maximum atomic E-state index is 11.0. The maximum absolute atomic E-state index is 11.0. The molecule has 4 nitrogen and oxygen atoms in total. The van der Waals surface area contributed by atoms with Gasteiger partial charge in [-0.15, -0.1) is 0 Å². The largest absolute Gasteiger partial charge is 0.343 e. The second-order valence-electron chi connectivity index (χ2n) is 2.51.